The van der Waals surface area contributed by atoms with Crippen LogP contribution in [0, 0.1) is 0 Å². The molecule has 19 heavy (non-hydrogen) atoms. The highest BCUT2D eigenvalue weighted by Crippen LogP contribution is 2.42. The van der Waals surface area contributed by atoms with E-state index in [4.69, 9.17) is 0 Å². The van der Waals surface area contributed by atoms with Crippen molar-refractivity contribution >= 4 is 5.91 Å². The molecule has 2 rings (SSSR count). The van der Waals surface area contributed by atoms with Gasteiger partial charge in [-0.2, -0.15) is 0 Å². The summed E-state index contributed by atoms with van der Waals surface area (Å²) in [6.07, 6.45) is 5.74. The molecule has 1 saturated heterocycles. The zero-order chi connectivity index (χ0) is 13.9. The van der Waals surface area contributed by atoms with Crippen molar-refractivity contribution in [2.45, 2.75) is 64.6 Å². The molecule has 2 fully saturated rings. The molecule has 0 bridgehead atoms. The molecule has 110 valence electrons. The van der Waals surface area contributed by atoms with Crippen LogP contribution in [0.5, 0.6) is 0 Å². The van der Waals surface area contributed by atoms with Crippen molar-refractivity contribution < 1.29 is 4.79 Å². The van der Waals surface area contributed by atoms with Gasteiger partial charge in [-0.3, -0.25) is 10.1 Å². The fourth-order valence-corrected chi connectivity index (χ4v) is 3.11. The summed E-state index contributed by atoms with van der Waals surface area (Å²) in [7, 11) is 0. The summed E-state index contributed by atoms with van der Waals surface area (Å²) < 4.78 is 0. The molecule has 0 aromatic heterocycles. The Morgan fingerprint density at radius 3 is 2.53 bits per heavy atom. The molecular formula is C15H29N3O. The fourth-order valence-electron chi connectivity index (χ4n) is 3.11. The monoisotopic (exact) mass is 267 g/mol. The molecule has 2 aliphatic rings. The van der Waals surface area contributed by atoms with Gasteiger partial charge in [-0.15, -0.1) is 0 Å². The first-order valence-electron chi connectivity index (χ1n) is 7.98. The van der Waals surface area contributed by atoms with Crippen molar-refractivity contribution in [1.82, 2.24) is 15.1 Å². The Morgan fingerprint density at radius 1 is 1.26 bits per heavy atom. The summed E-state index contributed by atoms with van der Waals surface area (Å²) in [5.74, 6) is 0.360. The summed E-state index contributed by atoms with van der Waals surface area (Å²) in [5, 5.41) is 3.57. The highest BCUT2D eigenvalue weighted by molar-refractivity contribution is 5.91. The van der Waals surface area contributed by atoms with E-state index in [0.717, 1.165) is 51.9 Å². The summed E-state index contributed by atoms with van der Waals surface area (Å²) in [6.45, 7) is 10.7. The number of nitrogens with zero attached hydrogens (tertiary/aromatic N) is 2. The van der Waals surface area contributed by atoms with E-state index in [2.05, 4.69) is 35.9 Å². The molecule has 1 aliphatic heterocycles. The normalized spacial score (nSPS) is 24.7. The third kappa shape index (κ3) is 3.11. The van der Waals surface area contributed by atoms with Crippen LogP contribution < -0.4 is 5.32 Å². The second-order valence-electron chi connectivity index (χ2n) is 5.96. The smallest absolute Gasteiger partial charge is 0.244 e. The number of likely N-dealkylation sites (N-methyl/N-ethyl adjacent to an activating group) is 1. The topological polar surface area (TPSA) is 35.6 Å². The van der Waals surface area contributed by atoms with E-state index in [1.807, 2.05) is 0 Å². The third-order valence-electron chi connectivity index (χ3n) is 4.45. The van der Waals surface area contributed by atoms with Gasteiger partial charge in [0.1, 0.15) is 0 Å². The first kappa shape index (κ1) is 14.8. The van der Waals surface area contributed by atoms with Crippen molar-refractivity contribution in [3.8, 4) is 0 Å². The summed E-state index contributed by atoms with van der Waals surface area (Å²) in [6, 6.07) is 0. The van der Waals surface area contributed by atoms with Crippen molar-refractivity contribution in [3.63, 3.8) is 0 Å². The highest BCUT2D eigenvalue weighted by Gasteiger charge is 2.58. The first-order chi connectivity index (χ1) is 9.16. The quantitative estimate of drug-likeness (QED) is 0.728. The highest BCUT2D eigenvalue weighted by atomic mass is 16.2. The molecule has 1 amide bonds. The predicted molar refractivity (Wildman–Crippen MR) is 77.9 cm³/mol. The average molecular weight is 267 g/mol. The number of rotatable bonds is 8. The van der Waals surface area contributed by atoms with Crippen LogP contribution >= 0.6 is 0 Å². The average Bonchev–Trinajstić information content (AvgIpc) is 3.13. The van der Waals surface area contributed by atoms with Crippen LogP contribution in [0.2, 0.25) is 0 Å². The van der Waals surface area contributed by atoms with E-state index < -0.39 is 0 Å². The second kappa shape index (κ2) is 6.23. The molecule has 1 saturated carbocycles. The van der Waals surface area contributed by atoms with Crippen molar-refractivity contribution in [1.29, 1.82) is 0 Å². The molecule has 4 nitrogen and oxygen atoms in total. The lowest BCUT2D eigenvalue weighted by Crippen LogP contribution is -2.42. The molecule has 1 heterocycles. The maximum atomic E-state index is 12.5. The number of amides is 1. The number of carbonyl (C=O) groups excluding carboxylic acids is 1. The number of hydrogen-bond acceptors (Lipinski definition) is 3. The number of hydrogen-bond donors (Lipinski definition) is 1. The van der Waals surface area contributed by atoms with E-state index >= 15 is 0 Å². The van der Waals surface area contributed by atoms with Gasteiger partial charge in [-0.05, 0) is 38.8 Å². The van der Waals surface area contributed by atoms with Gasteiger partial charge in [0.05, 0.1) is 11.7 Å². The fraction of sp³-hybridized carbons (Fsp3) is 0.933. The Kier molecular flexibility index (Phi) is 4.85. The molecule has 0 aromatic carbocycles. The van der Waals surface area contributed by atoms with Crippen molar-refractivity contribution in [2.24, 2.45) is 0 Å². The minimum absolute atomic E-state index is 0.151. The van der Waals surface area contributed by atoms with Crippen LogP contribution in [0.25, 0.3) is 0 Å². The molecule has 1 spiro atoms. The summed E-state index contributed by atoms with van der Waals surface area (Å²) in [4.78, 5) is 17.0. The first-order valence-corrected chi connectivity index (χ1v) is 7.98. The zero-order valence-electron chi connectivity index (χ0n) is 12.7. The van der Waals surface area contributed by atoms with Crippen LogP contribution in [0.1, 0.15) is 52.9 Å². The van der Waals surface area contributed by atoms with Gasteiger partial charge in [0.15, 0.2) is 0 Å². The summed E-state index contributed by atoms with van der Waals surface area (Å²) in [5.41, 5.74) is -0.151. The molecule has 1 atom stereocenters. The molecule has 0 aromatic rings. The Hall–Kier alpha value is -0.610. The number of carbonyl (C=O) groups is 1. The van der Waals surface area contributed by atoms with E-state index in [9.17, 15) is 4.79 Å². The van der Waals surface area contributed by atoms with Crippen LogP contribution in [0.15, 0.2) is 0 Å². The Balaban J connectivity index is 1.90. The Bertz CT molecular complexity index is 315. The van der Waals surface area contributed by atoms with Gasteiger partial charge >= 0.3 is 0 Å². The lowest BCUT2D eigenvalue weighted by molar-refractivity contribution is -0.131. The maximum Gasteiger partial charge on any atom is 0.244 e. The lowest BCUT2D eigenvalue weighted by Gasteiger charge is -2.27. The summed E-state index contributed by atoms with van der Waals surface area (Å²) >= 11 is 0. The standard InChI is InChI=1S/C15H29N3O/c1-4-7-13-16-15(8-9-15)14(19)18(13)12-11-17(6-3)10-5-2/h13,16H,4-12H2,1-3H3. The van der Waals surface area contributed by atoms with Crippen LogP contribution in [0.4, 0.5) is 0 Å². The molecule has 1 N–H and O–H groups in total. The van der Waals surface area contributed by atoms with Gasteiger partial charge < -0.3 is 9.80 Å². The minimum Gasteiger partial charge on any atom is -0.324 e. The van der Waals surface area contributed by atoms with Gasteiger partial charge in [-0.25, -0.2) is 0 Å². The van der Waals surface area contributed by atoms with Crippen molar-refractivity contribution in [3.05, 3.63) is 0 Å². The SMILES string of the molecule is CCCC1NC2(CC2)C(=O)N1CCN(CC)CCC. The Morgan fingerprint density at radius 2 is 2.00 bits per heavy atom. The molecule has 0 radical (unpaired) electrons. The molecular weight excluding hydrogens is 238 g/mol. The van der Waals surface area contributed by atoms with E-state index in [-0.39, 0.29) is 11.7 Å². The number of nitrogens with one attached hydrogen (secondary N) is 1. The van der Waals surface area contributed by atoms with Crippen molar-refractivity contribution in [2.75, 3.05) is 26.2 Å². The largest absolute Gasteiger partial charge is 0.324 e. The Labute approximate surface area is 117 Å². The van der Waals surface area contributed by atoms with Gasteiger partial charge in [-0.1, -0.05) is 27.2 Å². The lowest BCUT2D eigenvalue weighted by atomic mass is 10.2. The van der Waals surface area contributed by atoms with Crippen LogP contribution in [0.3, 0.4) is 0 Å². The maximum absolute atomic E-state index is 12.5. The predicted octanol–water partition coefficient (Wildman–Crippen LogP) is 1.81. The van der Waals surface area contributed by atoms with Gasteiger partial charge in [0, 0.05) is 13.1 Å². The van der Waals surface area contributed by atoms with Crippen LogP contribution in [-0.4, -0.2) is 53.6 Å². The van der Waals surface area contributed by atoms with Gasteiger partial charge in [0.2, 0.25) is 5.91 Å². The zero-order valence-corrected chi connectivity index (χ0v) is 12.7. The van der Waals surface area contributed by atoms with E-state index in [1.54, 1.807) is 0 Å². The van der Waals surface area contributed by atoms with E-state index in [1.165, 1.54) is 6.42 Å². The minimum atomic E-state index is -0.151. The molecule has 1 aliphatic carbocycles. The third-order valence-corrected chi connectivity index (χ3v) is 4.45. The van der Waals surface area contributed by atoms with Crippen LogP contribution in [-0.2, 0) is 4.79 Å². The van der Waals surface area contributed by atoms with E-state index in [0.29, 0.717) is 5.91 Å². The molecule has 1 unspecified atom stereocenters. The molecule has 4 heteroatoms. The second-order valence-corrected chi connectivity index (χ2v) is 5.96. The van der Waals surface area contributed by atoms with Gasteiger partial charge in [0.25, 0.3) is 0 Å².